The van der Waals surface area contributed by atoms with Gasteiger partial charge in [-0.25, -0.2) is 4.39 Å². The molecule has 0 radical (unpaired) electrons. The van der Waals surface area contributed by atoms with E-state index >= 15 is 0 Å². The quantitative estimate of drug-likeness (QED) is 0.295. The zero-order valence-corrected chi connectivity index (χ0v) is 21.2. The molecule has 3 aromatic carbocycles. The minimum absolute atomic E-state index is 0.161. The number of amides is 2. The van der Waals surface area contributed by atoms with Crippen LogP contribution in [0.4, 0.5) is 4.39 Å². The first kappa shape index (κ1) is 27.2. The molecular formula is C29H32ClFN2O3. The van der Waals surface area contributed by atoms with E-state index in [4.69, 9.17) is 16.3 Å². The summed E-state index contributed by atoms with van der Waals surface area (Å²) in [4.78, 5) is 28.3. The number of carbonyl (C=O) groups excluding carboxylic acids is 2. The van der Waals surface area contributed by atoms with Crippen molar-refractivity contribution in [1.82, 2.24) is 10.2 Å². The molecule has 0 aliphatic heterocycles. The molecule has 0 aromatic heterocycles. The lowest BCUT2D eigenvalue weighted by atomic mass is 10.0. The van der Waals surface area contributed by atoms with Crippen LogP contribution >= 0.6 is 11.6 Å². The van der Waals surface area contributed by atoms with Gasteiger partial charge >= 0.3 is 0 Å². The van der Waals surface area contributed by atoms with Gasteiger partial charge in [0.05, 0.1) is 6.61 Å². The second-order valence-corrected chi connectivity index (χ2v) is 8.99. The van der Waals surface area contributed by atoms with Crippen molar-refractivity contribution in [3.05, 3.63) is 101 Å². The number of rotatable bonds is 13. The van der Waals surface area contributed by atoms with Crippen molar-refractivity contribution < 1.29 is 18.7 Å². The van der Waals surface area contributed by atoms with Gasteiger partial charge in [0.15, 0.2) is 0 Å². The Morgan fingerprint density at radius 3 is 2.33 bits per heavy atom. The Kier molecular flexibility index (Phi) is 10.8. The van der Waals surface area contributed by atoms with Crippen molar-refractivity contribution in [2.24, 2.45) is 0 Å². The first-order valence-corrected chi connectivity index (χ1v) is 12.6. The molecular weight excluding hydrogens is 479 g/mol. The Labute approximate surface area is 217 Å². The summed E-state index contributed by atoms with van der Waals surface area (Å²) in [5.41, 5.74) is 1.71. The molecule has 2 amide bonds. The van der Waals surface area contributed by atoms with Crippen molar-refractivity contribution in [2.45, 2.75) is 45.2 Å². The van der Waals surface area contributed by atoms with Gasteiger partial charge in [0, 0.05) is 31.0 Å². The zero-order valence-electron chi connectivity index (χ0n) is 20.5. The lowest BCUT2D eigenvalue weighted by molar-refractivity contribution is -0.141. The Morgan fingerprint density at radius 1 is 0.972 bits per heavy atom. The molecule has 3 rings (SSSR count). The summed E-state index contributed by atoms with van der Waals surface area (Å²) in [6.45, 7) is 3.06. The highest BCUT2D eigenvalue weighted by molar-refractivity contribution is 6.30. The summed E-state index contributed by atoms with van der Waals surface area (Å²) < 4.78 is 19.2. The molecule has 0 aliphatic carbocycles. The maximum absolute atomic E-state index is 13.5. The minimum atomic E-state index is -0.700. The fraction of sp³-hybridized carbons (Fsp3) is 0.310. The van der Waals surface area contributed by atoms with Gasteiger partial charge in [-0.2, -0.15) is 0 Å². The van der Waals surface area contributed by atoms with E-state index in [1.54, 1.807) is 41.3 Å². The minimum Gasteiger partial charge on any atom is -0.494 e. The van der Waals surface area contributed by atoms with Crippen LogP contribution in [-0.2, 0) is 22.6 Å². The van der Waals surface area contributed by atoms with Crippen LogP contribution in [0, 0.1) is 5.82 Å². The highest BCUT2D eigenvalue weighted by Crippen LogP contribution is 2.18. The van der Waals surface area contributed by atoms with Crippen LogP contribution in [0.1, 0.15) is 37.3 Å². The highest BCUT2D eigenvalue weighted by Gasteiger charge is 2.30. The number of nitrogens with zero attached hydrogens (tertiary/aromatic N) is 1. The van der Waals surface area contributed by atoms with Crippen LogP contribution in [0.15, 0.2) is 78.9 Å². The molecule has 3 aromatic rings. The lowest BCUT2D eigenvalue weighted by Gasteiger charge is -2.31. The Hall–Kier alpha value is -3.38. The molecule has 0 saturated heterocycles. The number of benzene rings is 3. The maximum Gasteiger partial charge on any atom is 0.243 e. The topological polar surface area (TPSA) is 58.6 Å². The van der Waals surface area contributed by atoms with E-state index < -0.39 is 6.04 Å². The molecule has 5 nitrogen and oxygen atoms in total. The van der Waals surface area contributed by atoms with Gasteiger partial charge in [-0.05, 0) is 60.4 Å². The summed E-state index contributed by atoms with van der Waals surface area (Å²) >= 11 is 5.91. The van der Waals surface area contributed by atoms with Crippen molar-refractivity contribution in [2.75, 3.05) is 13.2 Å². The summed E-state index contributed by atoms with van der Waals surface area (Å²) in [6, 6.07) is 22.0. The van der Waals surface area contributed by atoms with Gasteiger partial charge in [0.1, 0.15) is 17.6 Å². The zero-order chi connectivity index (χ0) is 25.8. The van der Waals surface area contributed by atoms with E-state index in [1.165, 1.54) is 12.1 Å². The third-order valence-electron chi connectivity index (χ3n) is 5.70. The number of nitrogens with one attached hydrogen (secondary N) is 1. The third-order valence-corrected chi connectivity index (χ3v) is 5.96. The van der Waals surface area contributed by atoms with Gasteiger partial charge in [0.25, 0.3) is 0 Å². The van der Waals surface area contributed by atoms with Crippen LogP contribution in [0.5, 0.6) is 5.75 Å². The molecule has 0 heterocycles. The molecule has 190 valence electrons. The Bertz CT molecular complexity index is 1090. The smallest absolute Gasteiger partial charge is 0.243 e. The van der Waals surface area contributed by atoms with Gasteiger partial charge in [-0.1, -0.05) is 61.0 Å². The maximum atomic E-state index is 13.5. The Morgan fingerprint density at radius 2 is 1.67 bits per heavy atom. The van der Waals surface area contributed by atoms with Crippen LogP contribution in [0.25, 0.3) is 0 Å². The Balaban J connectivity index is 1.76. The SMILES string of the molecule is CCCNC(=O)C(Cc1ccccc1)N(Cc1ccc(F)cc1)C(=O)CCCOc1ccc(Cl)cc1. The standard InChI is InChI=1S/C29H32ClFN2O3/c1-2-18-32-29(35)27(20-22-7-4-3-5-8-22)33(21-23-10-14-25(31)15-11-23)28(34)9-6-19-36-26-16-12-24(30)13-17-26/h3-5,7-8,10-17,27H,2,6,9,18-21H2,1H3,(H,32,35). The predicted molar refractivity (Wildman–Crippen MR) is 140 cm³/mol. The molecule has 1 N–H and O–H groups in total. The van der Waals surface area contributed by atoms with Crippen LogP contribution in [0.2, 0.25) is 5.02 Å². The molecule has 36 heavy (non-hydrogen) atoms. The molecule has 0 spiro atoms. The fourth-order valence-electron chi connectivity index (χ4n) is 3.79. The summed E-state index contributed by atoms with van der Waals surface area (Å²) in [5.74, 6) is -0.0337. The van der Waals surface area contributed by atoms with Gasteiger partial charge < -0.3 is 15.0 Å². The van der Waals surface area contributed by atoms with Crippen LogP contribution in [0.3, 0.4) is 0 Å². The summed E-state index contributed by atoms with van der Waals surface area (Å²) in [6.07, 6.45) is 1.86. The van der Waals surface area contributed by atoms with Gasteiger partial charge in [-0.3, -0.25) is 9.59 Å². The lowest BCUT2D eigenvalue weighted by Crippen LogP contribution is -2.50. The average molecular weight is 511 g/mol. The predicted octanol–water partition coefficient (Wildman–Crippen LogP) is 5.80. The van der Waals surface area contributed by atoms with Gasteiger partial charge in [-0.15, -0.1) is 0 Å². The molecule has 1 atom stereocenters. The van der Waals surface area contributed by atoms with Crippen molar-refractivity contribution >= 4 is 23.4 Å². The van der Waals surface area contributed by atoms with Crippen molar-refractivity contribution in [3.63, 3.8) is 0 Å². The largest absolute Gasteiger partial charge is 0.494 e. The first-order valence-electron chi connectivity index (χ1n) is 12.2. The van der Waals surface area contributed by atoms with Crippen molar-refractivity contribution in [1.29, 1.82) is 0 Å². The van der Waals surface area contributed by atoms with E-state index in [2.05, 4.69) is 5.32 Å². The highest BCUT2D eigenvalue weighted by atomic mass is 35.5. The second-order valence-electron chi connectivity index (χ2n) is 8.55. The summed E-state index contributed by atoms with van der Waals surface area (Å²) in [7, 11) is 0. The molecule has 0 bridgehead atoms. The molecule has 0 fully saturated rings. The number of hydrogen-bond acceptors (Lipinski definition) is 3. The third kappa shape index (κ3) is 8.68. The number of hydrogen-bond donors (Lipinski definition) is 1. The van der Waals surface area contributed by atoms with E-state index in [0.29, 0.717) is 36.8 Å². The van der Waals surface area contributed by atoms with Gasteiger partial charge in [0.2, 0.25) is 11.8 Å². The molecule has 1 unspecified atom stereocenters. The summed E-state index contributed by atoms with van der Waals surface area (Å²) in [5, 5.41) is 3.57. The average Bonchev–Trinajstić information content (AvgIpc) is 2.89. The number of halogens is 2. The van der Waals surface area contributed by atoms with Crippen LogP contribution < -0.4 is 10.1 Å². The van der Waals surface area contributed by atoms with Crippen LogP contribution in [-0.4, -0.2) is 35.9 Å². The molecule has 0 saturated carbocycles. The van der Waals surface area contributed by atoms with E-state index in [1.807, 2.05) is 37.3 Å². The monoisotopic (exact) mass is 510 g/mol. The molecule has 0 aliphatic rings. The normalized spacial score (nSPS) is 11.5. The fourth-order valence-corrected chi connectivity index (χ4v) is 3.92. The number of ether oxygens (including phenoxy) is 1. The van der Waals surface area contributed by atoms with Crippen molar-refractivity contribution in [3.8, 4) is 5.75 Å². The second kappa shape index (κ2) is 14.2. The van der Waals surface area contributed by atoms with E-state index in [9.17, 15) is 14.0 Å². The first-order chi connectivity index (χ1) is 17.5. The van der Waals surface area contributed by atoms with E-state index in [0.717, 1.165) is 17.5 Å². The number of carbonyl (C=O) groups is 2. The van der Waals surface area contributed by atoms with E-state index in [-0.39, 0.29) is 30.6 Å². The molecule has 7 heteroatoms.